The number of nitrogens with one attached hydrogen (secondary N) is 1. The van der Waals surface area contributed by atoms with Gasteiger partial charge in [-0.2, -0.15) is 0 Å². The van der Waals surface area contributed by atoms with Crippen LogP contribution in [0.5, 0.6) is 5.75 Å². The standard InChI is InChI=1S/C29H24N2O5/c1-16(35-29(33)27-18-9-3-5-11-21(18)30-22-12-7-10-19(22)27)28(32)31-23-15-25-20(14-26(23)34-2)17-8-4-6-13-24(17)36-25/h3-6,8-9,11,13-16H,7,10,12H2,1-2H3,(H,31,32). The second-order valence-corrected chi connectivity index (χ2v) is 8.97. The van der Waals surface area contributed by atoms with Gasteiger partial charge in [-0.05, 0) is 49.9 Å². The number of anilines is 1. The minimum absolute atomic E-state index is 0.437. The van der Waals surface area contributed by atoms with E-state index in [1.165, 1.54) is 7.11 Å². The summed E-state index contributed by atoms with van der Waals surface area (Å²) in [6.45, 7) is 1.56. The second kappa shape index (κ2) is 8.68. The molecule has 0 bridgehead atoms. The first-order valence-electron chi connectivity index (χ1n) is 11.9. The van der Waals surface area contributed by atoms with Gasteiger partial charge in [-0.3, -0.25) is 9.78 Å². The Labute approximate surface area is 207 Å². The van der Waals surface area contributed by atoms with Crippen molar-refractivity contribution in [1.29, 1.82) is 0 Å². The summed E-state index contributed by atoms with van der Waals surface area (Å²) in [7, 11) is 1.54. The van der Waals surface area contributed by atoms with Gasteiger partial charge in [0.15, 0.2) is 6.10 Å². The molecule has 1 aliphatic rings. The molecule has 7 heteroatoms. The van der Waals surface area contributed by atoms with E-state index in [9.17, 15) is 9.59 Å². The minimum atomic E-state index is -1.03. The minimum Gasteiger partial charge on any atom is -0.495 e. The van der Waals surface area contributed by atoms with E-state index in [0.717, 1.165) is 57.8 Å². The maximum atomic E-state index is 13.3. The molecule has 0 fully saturated rings. The lowest BCUT2D eigenvalue weighted by Crippen LogP contribution is -2.30. The van der Waals surface area contributed by atoms with Crippen LogP contribution in [0.4, 0.5) is 5.69 Å². The van der Waals surface area contributed by atoms with Crippen molar-refractivity contribution in [3.8, 4) is 5.75 Å². The van der Waals surface area contributed by atoms with Crippen molar-refractivity contribution in [3.63, 3.8) is 0 Å². The summed E-state index contributed by atoms with van der Waals surface area (Å²) in [4.78, 5) is 31.1. The molecule has 0 radical (unpaired) electrons. The van der Waals surface area contributed by atoms with Crippen LogP contribution in [0.2, 0.25) is 0 Å². The second-order valence-electron chi connectivity index (χ2n) is 8.97. The Morgan fingerprint density at radius 2 is 1.75 bits per heavy atom. The maximum absolute atomic E-state index is 13.3. The van der Waals surface area contributed by atoms with Gasteiger partial charge in [0.25, 0.3) is 5.91 Å². The molecule has 2 heterocycles. The molecule has 1 N–H and O–H groups in total. The Balaban J connectivity index is 1.27. The van der Waals surface area contributed by atoms with Gasteiger partial charge >= 0.3 is 5.97 Å². The molecule has 1 unspecified atom stereocenters. The summed E-state index contributed by atoms with van der Waals surface area (Å²) in [6.07, 6.45) is 1.52. The smallest absolute Gasteiger partial charge is 0.339 e. The summed E-state index contributed by atoms with van der Waals surface area (Å²) in [5.41, 5.74) is 4.92. The number of rotatable bonds is 5. The fourth-order valence-corrected chi connectivity index (χ4v) is 4.97. The zero-order valence-electron chi connectivity index (χ0n) is 20.0. The highest BCUT2D eigenvalue weighted by molar-refractivity contribution is 6.09. The van der Waals surface area contributed by atoms with Crippen molar-refractivity contribution in [2.24, 2.45) is 0 Å². The monoisotopic (exact) mass is 480 g/mol. The van der Waals surface area contributed by atoms with E-state index in [2.05, 4.69) is 5.32 Å². The molecule has 0 saturated carbocycles. The number of nitrogens with zero attached hydrogens (tertiary/aromatic N) is 1. The van der Waals surface area contributed by atoms with Crippen LogP contribution in [0.1, 0.15) is 35.0 Å². The topological polar surface area (TPSA) is 90.7 Å². The van der Waals surface area contributed by atoms with Crippen LogP contribution in [-0.4, -0.2) is 30.1 Å². The van der Waals surface area contributed by atoms with Crippen molar-refractivity contribution >= 4 is 50.4 Å². The quantitative estimate of drug-likeness (QED) is 0.319. The number of fused-ring (bicyclic) bond motifs is 5. The maximum Gasteiger partial charge on any atom is 0.339 e. The lowest BCUT2D eigenvalue weighted by atomic mass is 10.0. The summed E-state index contributed by atoms with van der Waals surface area (Å²) < 4.78 is 17.1. The van der Waals surface area contributed by atoms with Gasteiger partial charge in [0.2, 0.25) is 0 Å². The average molecular weight is 481 g/mol. The van der Waals surface area contributed by atoms with E-state index in [4.69, 9.17) is 18.9 Å². The molecule has 0 spiro atoms. The van der Waals surface area contributed by atoms with Crippen LogP contribution in [-0.2, 0) is 22.4 Å². The van der Waals surface area contributed by atoms with Gasteiger partial charge in [-0.1, -0.05) is 36.4 Å². The summed E-state index contributed by atoms with van der Waals surface area (Å²) in [5.74, 6) is -0.500. The van der Waals surface area contributed by atoms with Gasteiger partial charge in [0, 0.05) is 27.9 Å². The number of aryl methyl sites for hydroxylation is 1. The number of methoxy groups -OCH3 is 1. The molecule has 3 aromatic carbocycles. The Morgan fingerprint density at radius 3 is 2.58 bits per heavy atom. The first-order chi connectivity index (χ1) is 17.5. The van der Waals surface area contributed by atoms with Crippen LogP contribution >= 0.6 is 0 Å². The summed E-state index contributed by atoms with van der Waals surface area (Å²) >= 11 is 0. The lowest BCUT2D eigenvalue weighted by molar-refractivity contribution is -0.123. The van der Waals surface area contributed by atoms with Gasteiger partial charge in [-0.25, -0.2) is 4.79 Å². The summed E-state index contributed by atoms with van der Waals surface area (Å²) in [5, 5.41) is 5.42. The Bertz CT molecular complexity index is 1670. The number of benzene rings is 3. The third-order valence-electron chi connectivity index (χ3n) is 6.73. The van der Waals surface area contributed by atoms with E-state index < -0.39 is 18.0 Å². The molecule has 7 nitrogen and oxygen atoms in total. The van der Waals surface area contributed by atoms with Gasteiger partial charge in [0.05, 0.1) is 23.9 Å². The van der Waals surface area contributed by atoms with Crippen molar-refractivity contribution in [3.05, 3.63) is 77.5 Å². The number of carbonyl (C=O) groups is 2. The van der Waals surface area contributed by atoms with E-state index >= 15 is 0 Å². The molecule has 0 saturated heterocycles. The number of pyridine rings is 1. The number of amides is 1. The number of furan rings is 1. The van der Waals surface area contributed by atoms with Crippen LogP contribution in [0.15, 0.2) is 65.1 Å². The van der Waals surface area contributed by atoms with E-state index in [1.54, 1.807) is 13.0 Å². The van der Waals surface area contributed by atoms with Crippen molar-refractivity contribution < 1.29 is 23.5 Å². The predicted molar refractivity (Wildman–Crippen MR) is 138 cm³/mol. The van der Waals surface area contributed by atoms with Gasteiger partial charge < -0.3 is 19.2 Å². The van der Waals surface area contributed by atoms with E-state index in [1.807, 2.05) is 54.6 Å². The molecule has 36 heavy (non-hydrogen) atoms. The van der Waals surface area contributed by atoms with Crippen LogP contribution in [0.3, 0.4) is 0 Å². The first-order valence-corrected chi connectivity index (χ1v) is 11.9. The number of ether oxygens (including phenoxy) is 2. The van der Waals surface area contributed by atoms with Crippen molar-refractivity contribution in [1.82, 2.24) is 4.98 Å². The number of hydrogen-bond acceptors (Lipinski definition) is 6. The van der Waals surface area contributed by atoms with Crippen LogP contribution in [0.25, 0.3) is 32.8 Å². The molecule has 6 rings (SSSR count). The van der Waals surface area contributed by atoms with E-state index in [0.29, 0.717) is 22.6 Å². The fourth-order valence-electron chi connectivity index (χ4n) is 4.97. The van der Waals surface area contributed by atoms with Crippen molar-refractivity contribution in [2.75, 3.05) is 12.4 Å². The van der Waals surface area contributed by atoms with Crippen molar-refractivity contribution in [2.45, 2.75) is 32.3 Å². The normalized spacial score (nSPS) is 13.6. The highest BCUT2D eigenvalue weighted by Gasteiger charge is 2.28. The van der Waals surface area contributed by atoms with E-state index in [-0.39, 0.29) is 0 Å². The average Bonchev–Trinajstić information content (AvgIpc) is 3.50. The highest BCUT2D eigenvalue weighted by Crippen LogP contribution is 2.36. The molecule has 1 atom stereocenters. The fraction of sp³-hybridized carbons (Fsp3) is 0.207. The molecular weight excluding hydrogens is 456 g/mol. The molecule has 1 aliphatic carbocycles. The molecule has 180 valence electrons. The van der Waals surface area contributed by atoms with Crippen LogP contribution in [0, 0.1) is 0 Å². The third kappa shape index (κ3) is 3.64. The van der Waals surface area contributed by atoms with Gasteiger partial charge in [-0.15, -0.1) is 0 Å². The zero-order chi connectivity index (χ0) is 24.8. The lowest BCUT2D eigenvalue weighted by Gasteiger charge is -2.17. The third-order valence-corrected chi connectivity index (χ3v) is 6.73. The summed E-state index contributed by atoms with van der Waals surface area (Å²) in [6, 6.07) is 18.8. The number of para-hydroxylation sites is 2. The highest BCUT2D eigenvalue weighted by atomic mass is 16.5. The molecule has 1 amide bonds. The SMILES string of the molecule is COc1cc2c(cc1NC(=O)C(C)OC(=O)c1c3c(nc4ccccc14)CCC3)oc1ccccc12. The molecule has 5 aromatic rings. The zero-order valence-corrected chi connectivity index (χ0v) is 20.0. The molecule has 0 aliphatic heterocycles. The molecular formula is C29H24N2O5. The first kappa shape index (κ1) is 22.1. The Morgan fingerprint density at radius 1 is 0.972 bits per heavy atom. The number of hydrogen-bond donors (Lipinski definition) is 1. The number of aromatic nitrogens is 1. The Kier molecular flexibility index (Phi) is 5.33. The number of carbonyl (C=O) groups excluding carboxylic acids is 2. The van der Waals surface area contributed by atoms with Crippen LogP contribution < -0.4 is 10.1 Å². The predicted octanol–water partition coefficient (Wildman–Crippen LogP) is 5.82. The molecule has 2 aromatic heterocycles. The van der Waals surface area contributed by atoms with Gasteiger partial charge in [0.1, 0.15) is 16.9 Å². The largest absolute Gasteiger partial charge is 0.495 e. The number of esters is 1. The Hall–Kier alpha value is -4.39.